The number of hydrogen-bond acceptors (Lipinski definition) is 3. The van der Waals surface area contributed by atoms with Crippen molar-refractivity contribution in [1.82, 2.24) is 10.2 Å². The van der Waals surface area contributed by atoms with E-state index < -0.39 is 0 Å². The predicted octanol–water partition coefficient (Wildman–Crippen LogP) is 3.55. The van der Waals surface area contributed by atoms with Gasteiger partial charge >= 0.3 is 0 Å². The van der Waals surface area contributed by atoms with Crippen LogP contribution in [0.5, 0.6) is 5.75 Å². The lowest BCUT2D eigenvalue weighted by molar-refractivity contribution is 0.415. The van der Waals surface area contributed by atoms with Crippen molar-refractivity contribution >= 4 is 21.7 Å². The number of nitrogen functional groups attached to an aromatic ring is 1. The average molecular weight is 310 g/mol. The van der Waals surface area contributed by atoms with Crippen molar-refractivity contribution in [3.63, 3.8) is 0 Å². The Bertz CT molecular complexity index is 563. The van der Waals surface area contributed by atoms with E-state index >= 15 is 0 Å². The number of benzene rings is 1. The van der Waals surface area contributed by atoms with Crippen molar-refractivity contribution in [1.29, 1.82) is 0 Å². The fraction of sp³-hybridized carbons (Fsp3) is 0.308. The first-order valence-electron chi connectivity index (χ1n) is 5.71. The summed E-state index contributed by atoms with van der Waals surface area (Å²) in [6.07, 6.45) is 1.70. The number of nitrogens with one attached hydrogen (secondary N) is 1. The zero-order valence-electron chi connectivity index (χ0n) is 10.6. The van der Waals surface area contributed by atoms with Crippen LogP contribution in [0.25, 0.3) is 11.1 Å². The molecule has 4 nitrogen and oxygen atoms in total. The number of aromatic nitrogens is 2. The second-order valence-electron chi connectivity index (χ2n) is 4.43. The summed E-state index contributed by atoms with van der Waals surface area (Å²) in [6.45, 7) is 4.29. The van der Waals surface area contributed by atoms with Gasteiger partial charge in [-0.2, -0.15) is 5.10 Å². The molecule has 0 atom stereocenters. The van der Waals surface area contributed by atoms with Crippen LogP contribution in [0.1, 0.15) is 25.3 Å². The first kappa shape index (κ1) is 13.0. The molecule has 1 aromatic carbocycles. The summed E-state index contributed by atoms with van der Waals surface area (Å²) in [6, 6.07) is 4.06. The zero-order chi connectivity index (χ0) is 13.3. The Kier molecular flexibility index (Phi) is 3.61. The number of anilines is 1. The Morgan fingerprint density at radius 2 is 2.06 bits per heavy atom. The quantitative estimate of drug-likeness (QED) is 0.911. The number of nitrogens with two attached hydrogens (primary N) is 1. The maximum Gasteiger partial charge on any atom is 0.127 e. The molecule has 0 spiro atoms. The van der Waals surface area contributed by atoms with E-state index in [0.717, 1.165) is 21.3 Å². The third kappa shape index (κ3) is 2.22. The largest absolute Gasteiger partial charge is 0.496 e. The highest BCUT2D eigenvalue weighted by molar-refractivity contribution is 9.10. The minimum Gasteiger partial charge on any atom is -0.496 e. The van der Waals surface area contributed by atoms with Gasteiger partial charge in [-0.15, -0.1) is 0 Å². The number of rotatable bonds is 3. The van der Waals surface area contributed by atoms with Crippen LogP contribution < -0.4 is 10.5 Å². The molecule has 0 aliphatic rings. The van der Waals surface area contributed by atoms with Gasteiger partial charge < -0.3 is 10.5 Å². The first-order valence-corrected chi connectivity index (χ1v) is 6.50. The van der Waals surface area contributed by atoms with E-state index in [1.807, 2.05) is 12.1 Å². The van der Waals surface area contributed by atoms with E-state index in [4.69, 9.17) is 10.5 Å². The van der Waals surface area contributed by atoms with Gasteiger partial charge in [-0.25, -0.2) is 0 Å². The number of nitrogens with zero attached hydrogens (tertiary/aromatic N) is 1. The van der Waals surface area contributed by atoms with E-state index in [1.165, 1.54) is 5.56 Å². The van der Waals surface area contributed by atoms with Crippen LogP contribution in [-0.2, 0) is 0 Å². The van der Waals surface area contributed by atoms with Crippen molar-refractivity contribution in [2.45, 2.75) is 19.8 Å². The number of aromatic amines is 1. The Balaban J connectivity index is 2.62. The maximum atomic E-state index is 5.86. The molecule has 0 fully saturated rings. The molecule has 5 heteroatoms. The molecule has 1 aromatic heterocycles. The predicted molar refractivity (Wildman–Crippen MR) is 76.8 cm³/mol. The van der Waals surface area contributed by atoms with E-state index in [-0.39, 0.29) is 0 Å². The number of methoxy groups -OCH3 is 1. The molecule has 18 heavy (non-hydrogen) atoms. The summed E-state index contributed by atoms with van der Waals surface area (Å²) in [5.41, 5.74) is 8.84. The molecule has 2 aromatic rings. The third-order valence-electron chi connectivity index (χ3n) is 2.90. The number of ether oxygens (including phenoxy) is 1. The van der Waals surface area contributed by atoms with Gasteiger partial charge in [0, 0.05) is 15.6 Å². The van der Waals surface area contributed by atoms with E-state index in [0.29, 0.717) is 11.7 Å². The highest BCUT2D eigenvalue weighted by Crippen LogP contribution is 2.38. The highest BCUT2D eigenvalue weighted by Gasteiger charge is 2.15. The molecule has 2 rings (SSSR count). The highest BCUT2D eigenvalue weighted by atomic mass is 79.9. The number of H-pyrrole nitrogens is 1. The number of hydrogen-bond donors (Lipinski definition) is 2. The molecule has 0 saturated carbocycles. The lowest BCUT2D eigenvalue weighted by atomic mass is 9.98. The van der Waals surface area contributed by atoms with E-state index in [2.05, 4.69) is 40.0 Å². The standard InChI is InChI=1S/C13H16BrN3O/c1-7(2)8-5-12(18-3)9(4-11(8)14)10-6-16-17-13(10)15/h4-7H,1-3H3,(H3,15,16,17). The van der Waals surface area contributed by atoms with Gasteiger partial charge in [0.1, 0.15) is 11.6 Å². The van der Waals surface area contributed by atoms with Crippen LogP contribution in [0.15, 0.2) is 22.8 Å². The zero-order valence-corrected chi connectivity index (χ0v) is 12.2. The van der Waals surface area contributed by atoms with Crippen LogP contribution in [0, 0.1) is 0 Å². The molecule has 0 radical (unpaired) electrons. The van der Waals surface area contributed by atoms with E-state index in [1.54, 1.807) is 13.3 Å². The Hall–Kier alpha value is -1.49. The summed E-state index contributed by atoms with van der Waals surface area (Å²) in [5.74, 6) is 1.76. The van der Waals surface area contributed by atoms with Crippen LogP contribution in [0.4, 0.5) is 5.82 Å². The second-order valence-corrected chi connectivity index (χ2v) is 5.28. The van der Waals surface area contributed by atoms with Crippen LogP contribution >= 0.6 is 15.9 Å². The van der Waals surface area contributed by atoms with Crippen molar-refractivity contribution in [2.75, 3.05) is 12.8 Å². The van der Waals surface area contributed by atoms with Gasteiger partial charge in [0.05, 0.1) is 13.3 Å². The minimum absolute atomic E-state index is 0.420. The molecule has 0 saturated heterocycles. The van der Waals surface area contributed by atoms with Crippen molar-refractivity contribution in [3.05, 3.63) is 28.4 Å². The molecule has 1 heterocycles. The monoisotopic (exact) mass is 309 g/mol. The SMILES string of the molecule is COc1cc(C(C)C)c(Br)cc1-c1cn[nH]c1N. The Morgan fingerprint density at radius 3 is 2.56 bits per heavy atom. The Morgan fingerprint density at radius 1 is 1.33 bits per heavy atom. The van der Waals surface area contributed by atoms with Gasteiger partial charge in [-0.1, -0.05) is 29.8 Å². The molecule has 0 aliphatic carbocycles. The summed E-state index contributed by atoms with van der Waals surface area (Å²) >= 11 is 3.59. The molecule has 0 aliphatic heterocycles. The van der Waals surface area contributed by atoms with Gasteiger partial charge in [0.15, 0.2) is 0 Å². The van der Waals surface area contributed by atoms with Crippen molar-refractivity contribution in [3.8, 4) is 16.9 Å². The van der Waals surface area contributed by atoms with Gasteiger partial charge in [0.2, 0.25) is 0 Å². The molecular formula is C13H16BrN3O. The fourth-order valence-electron chi connectivity index (χ4n) is 1.90. The summed E-state index contributed by atoms with van der Waals surface area (Å²) in [5, 5.41) is 6.67. The third-order valence-corrected chi connectivity index (χ3v) is 3.59. The maximum absolute atomic E-state index is 5.86. The van der Waals surface area contributed by atoms with Crippen LogP contribution in [0.2, 0.25) is 0 Å². The van der Waals surface area contributed by atoms with Gasteiger partial charge in [-0.3, -0.25) is 5.10 Å². The normalized spacial score (nSPS) is 10.9. The van der Waals surface area contributed by atoms with Gasteiger partial charge in [-0.05, 0) is 23.6 Å². The van der Waals surface area contributed by atoms with Crippen LogP contribution in [0.3, 0.4) is 0 Å². The topological polar surface area (TPSA) is 63.9 Å². The van der Waals surface area contributed by atoms with Crippen LogP contribution in [-0.4, -0.2) is 17.3 Å². The van der Waals surface area contributed by atoms with E-state index in [9.17, 15) is 0 Å². The lowest BCUT2D eigenvalue weighted by Crippen LogP contribution is -1.96. The second kappa shape index (κ2) is 5.02. The first-order chi connectivity index (χ1) is 8.54. The smallest absolute Gasteiger partial charge is 0.127 e. The molecule has 96 valence electrons. The summed E-state index contributed by atoms with van der Waals surface area (Å²) in [4.78, 5) is 0. The molecule has 3 N–H and O–H groups in total. The average Bonchev–Trinajstić information content (AvgIpc) is 2.74. The summed E-state index contributed by atoms with van der Waals surface area (Å²) in [7, 11) is 1.66. The van der Waals surface area contributed by atoms with Crippen molar-refractivity contribution < 1.29 is 4.74 Å². The van der Waals surface area contributed by atoms with Crippen molar-refractivity contribution in [2.24, 2.45) is 0 Å². The molecular weight excluding hydrogens is 294 g/mol. The van der Waals surface area contributed by atoms with Gasteiger partial charge in [0.25, 0.3) is 0 Å². The fourth-order valence-corrected chi connectivity index (χ4v) is 2.70. The molecule has 0 amide bonds. The number of halogens is 1. The summed E-state index contributed by atoms with van der Waals surface area (Å²) < 4.78 is 6.50. The molecule has 0 unspecified atom stereocenters. The Labute approximate surface area is 115 Å². The minimum atomic E-state index is 0.420. The lowest BCUT2D eigenvalue weighted by Gasteiger charge is -2.14. The molecule has 0 bridgehead atoms.